The highest BCUT2D eigenvalue weighted by atomic mass is 16.5. The number of amides is 1. The predicted octanol–water partition coefficient (Wildman–Crippen LogP) is 2.94. The van der Waals surface area contributed by atoms with E-state index in [1.54, 1.807) is 6.20 Å². The van der Waals surface area contributed by atoms with Crippen LogP contribution in [0.25, 0.3) is 0 Å². The Morgan fingerprint density at radius 1 is 1.27 bits per heavy atom. The molecule has 2 aliphatic heterocycles. The maximum Gasteiger partial charge on any atom is 0.233 e. The number of hydrogen-bond donors (Lipinski definition) is 0. The van der Waals surface area contributed by atoms with Crippen LogP contribution in [0.2, 0.25) is 0 Å². The smallest absolute Gasteiger partial charge is 0.233 e. The van der Waals surface area contributed by atoms with E-state index in [0.717, 1.165) is 83.4 Å². The van der Waals surface area contributed by atoms with E-state index in [0.29, 0.717) is 11.8 Å². The van der Waals surface area contributed by atoms with Crippen molar-refractivity contribution in [2.24, 2.45) is 5.92 Å². The molecule has 3 aliphatic rings. The summed E-state index contributed by atoms with van der Waals surface area (Å²) in [6.07, 6.45) is 11.1. The highest BCUT2D eigenvalue weighted by Gasteiger charge is 2.45. The van der Waals surface area contributed by atoms with E-state index < -0.39 is 0 Å². The number of carbonyl (C=O) groups excluding carboxylic acids is 1. The first-order valence-electron chi connectivity index (χ1n) is 10.2. The van der Waals surface area contributed by atoms with Crippen LogP contribution in [0.3, 0.4) is 0 Å². The van der Waals surface area contributed by atoms with Gasteiger partial charge in [-0.1, -0.05) is 18.9 Å². The van der Waals surface area contributed by atoms with Crippen LogP contribution < -0.4 is 0 Å². The number of ether oxygens (including phenoxy) is 2. The van der Waals surface area contributed by atoms with E-state index in [1.165, 1.54) is 0 Å². The molecular formula is C21H30N2O3. The second-order valence-electron chi connectivity index (χ2n) is 8.09. The zero-order chi connectivity index (χ0) is 17.8. The summed E-state index contributed by atoms with van der Waals surface area (Å²) in [5.74, 6) is 0.868. The summed E-state index contributed by atoms with van der Waals surface area (Å²) in [5.41, 5.74) is 0.755. The second kappa shape index (κ2) is 8.05. The molecule has 2 saturated heterocycles. The fourth-order valence-electron chi connectivity index (χ4n) is 4.77. The number of carbonyl (C=O) groups is 1. The molecule has 1 amide bonds. The monoisotopic (exact) mass is 358 g/mol. The lowest BCUT2D eigenvalue weighted by Gasteiger charge is -2.38. The molecule has 1 aliphatic carbocycles. The van der Waals surface area contributed by atoms with Gasteiger partial charge in [-0.3, -0.25) is 9.78 Å². The Hall–Kier alpha value is -1.46. The summed E-state index contributed by atoms with van der Waals surface area (Å²) in [4.78, 5) is 19.8. The van der Waals surface area contributed by atoms with E-state index in [1.807, 2.05) is 12.3 Å². The van der Waals surface area contributed by atoms with Gasteiger partial charge in [0.15, 0.2) is 0 Å². The van der Waals surface area contributed by atoms with Crippen molar-refractivity contribution in [2.75, 3.05) is 32.9 Å². The average Bonchev–Trinajstić information content (AvgIpc) is 3.40. The number of likely N-dealkylation sites (tertiary alicyclic amines) is 1. The summed E-state index contributed by atoms with van der Waals surface area (Å²) >= 11 is 0. The molecule has 0 aromatic carbocycles. The minimum Gasteiger partial charge on any atom is -0.381 e. The summed E-state index contributed by atoms with van der Waals surface area (Å²) in [6.45, 7) is 4.14. The Labute approximate surface area is 156 Å². The number of pyridine rings is 1. The van der Waals surface area contributed by atoms with Gasteiger partial charge in [0.1, 0.15) is 0 Å². The third-order valence-electron chi connectivity index (χ3n) is 6.40. The first-order valence-corrected chi connectivity index (χ1v) is 10.2. The van der Waals surface area contributed by atoms with Crippen molar-refractivity contribution in [3.05, 3.63) is 30.1 Å². The lowest BCUT2D eigenvalue weighted by atomic mass is 9.78. The topological polar surface area (TPSA) is 51.7 Å². The van der Waals surface area contributed by atoms with Crippen molar-refractivity contribution in [3.8, 4) is 0 Å². The van der Waals surface area contributed by atoms with Crippen LogP contribution in [0.1, 0.15) is 50.5 Å². The fourth-order valence-corrected chi connectivity index (χ4v) is 4.77. The van der Waals surface area contributed by atoms with E-state index in [9.17, 15) is 4.79 Å². The first-order chi connectivity index (χ1) is 12.8. The van der Waals surface area contributed by atoms with Gasteiger partial charge >= 0.3 is 0 Å². The van der Waals surface area contributed by atoms with Crippen LogP contribution in [0.15, 0.2) is 24.5 Å². The highest BCUT2D eigenvalue weighted by Crippen LogP contribution is 2.42. The van der Waals surface area contributed by atoms with Crippen LogP contribution in [0, 0.1) is 5.92 Å². The van der Waals surface area contributed by atoms with Gasteiger partial charge in [-0.2, -0.15) is 0 Å². The normalized spacial score (nSPS) is 26.3. The van der Waals surface area contributed by atoms with Crippen LogP contribution in [0.4, 0.5) is 0 Å². The average molecular weight is 358 g/mol. The Kier molecular flexibility index (Phi) is 5.55. The van der Waals surface area contributed by atoms with Gasteiger partial charge in [0, 0.05) is 38.0 Å². The van der Waals surface area contributed by atoms with Crippen LogP contribution >= 0.6 is 0 Å². The number of piperidine rings is 1. The number of aromatic nitrogens is 1. The largest absolute Gasteiger partial charge is 0.381 e. The molecule has 142 valence electrons. The number of nitrogens with zero attached hydrogens (tertiary/aromatic N) is 2. The Balaban J connectivity index is 1.35. The summed E-state index contributed by atoms with van der Waals surface area (Å²) in [7, 11) is 0. The SMILES string of the molecule is O=C(N1CCC(OCC2CCOC2)CC1)C1(c2cccnc2)CCCC1. The van der Waals surface area contributed by atoms with Crippen molar-refractivity contribution in [1.29, 1.82) is 0 Å². The van der Waals surface area contributed by atoms with E-state index >= 15 is 0 Å². The molecule has 0 spiro atoms. The zero-order valence-electron chi connectivity index (χ0n) is 15.6. The Morgan fingerprint density at radius 3 is 2.73 bits per heavy atom. The van der Waals surface area contributed by atoms with Gasteiger partial charge < -0.3 is 14.4 Å². The number of hydrogen-bond acceptors (Lipinski definition) is 4. The quantitative estimate of drug-likeness (QED) is 0.812. The minimum absolute atomic E-state index is 0.289. The predicted molar refractivity (Wildman–Crippen MR) is 98.9 cm³/mol. The van der Waals surface area contributed by atoms with Crippen LogP contribution in [0.5, 0.6) is 0 Å². The van der Waals surface area contributed by atoms with Gasteiger partial charge in [-0.25, -0.2) is 0 Å². The van der Waals surface area contributed by atoms with Crippen molar-refractivity contribution in [1.82, 2.24) is 9.88 Å². The number of rotatable bonds is 5. The molecule has 0 N–H and O–H groups in total. The molecule has 3 fully saturated rings. The molecule has 1 atom stereocenters. The van der Waals surface area contributed by atoms with Gasteiger partial charge in [0.05, 0.1) is 24.7 Å². The van der Waals surface area contributed by atoms with E-state index in [4.69, 9.17) is 9.47 Å². The molecule has 3 heterocycles. The molecule has 1 aromatic heterocycles. The third kappa shape index (κ3) is 3.65. The Bertz CT molecular complexity index is 587. The second-order valence-corrected chi connectivity index (χ2v) is 8.09. The molecule has 4 rings (SSSR count). The van der Waals surface area contributed by atoms with Crippen LogP contribution in [-0.4, -0.2) is 54.8 Å². The van der Waals surface area contributed by atoms with E-state index in [-0.39, 0.29) is 11.5 Å². The molecule has 5 nitrogen and oxygen atoms in total. The van der Waals surface area contributed by atoms with Crippen molar-refractivity contribution in [2.45, 2.75) is 56.5 Å². The maximum atomic E-state index is 13.4. The van der Waals surface area contributed by atoms with Crippen LogP contribution in [-0.2, 0) is 19.7 Å². The molecule has 1 unspecified atom stereocenters. The summed E-state index contributed by atoms with van der Waals surface area (Å²) < 4.78 is 11.5. The van der Waals surface area contributed by atoms with Crippen molar-refractivity contribution >= 4 is 5.91 Å². The standard InChI is InChI=1S/C21H30N2O3/c24-20(21(8-1-2-9-21)18-4-3-10-22-14-18)23-11-5-19(6-12-23)26-16-17-7-13-25-15-17/h3-4,10,14,17,19H,1-2,5-9,11-13,15-16H2. The summed E-state index contributed by atoms with van der Waals surface area (Å²) in [5, 5.41) is 0. The third-order valence-corrected chi connectivity index (χ3v) is 6.40. The van der Waals surface area contributed by atoms with Gasteiger partial charge in [0.2, 0.25) is 5.91 Å². The lowest BCUT2D eigenvalue weighted by Crippen LogP contribution is -2.49. The lowest BCUT2D eigenvalue weighted by molar-refractivity contribution is -0.140. The molecule has 26 heavy (non-hydrogen) atoms. The molecule has 0 radical (unpaired) electrons. The molecule has 1 aromatic rings. The van der Waals surface area contributed by atoms with E-state index in [2.05, 4.69) is 16.0 Å². The first kappa shape index (κ1) is 17.9. The molecule has 0 bridgehead atoms. The summed E-state index contributed by atoms with van der Waals surface area (Å²) in [6, 6.07) is 4.03. The molecule has 5 heteroatoms. The van der Waals surface area contributed by atoms with Gasteiger partial charge in [0.25, 0.3) is 0 Å². The zero-order valence-corrected chi connectivity index (χ0v) is 15.6. The fraction of sp³-hybridized carbons (Fsp3) is 0.714. The van der Waals surface area contributed by atoms with Gasteiger partial charge in [-0.15, -0.1) is 0 Å². The van der Waals surface area contributed by atoms with Crippen molar-refractivity contribution in [3.63, 3.8) is 0 Å². The van der Waals surface area contributed by atoms with Gasteiger partial charge in [-0.05, 0) is 43.7 Å². The maximum absolute atomic E-state index is 13.4. The molecular weight excluding hydrogens is 328 g/mol. The van der Waals surface area contributed by atoms with Crippen molar-refractivity contribution < 1.29 is 14.3 Å². The Morgan fingerprint density at radius 2 is 2.08 bits per heavy atom. The molecule has 1 saturated carbocycles. The minimum atomic E-state index is -0.344. The highest BCUT2D eigenvalue weighted by molar-refractivity contribution is 5.88.